The molecule has 0 bridgehead atoms. The van der Waals surface area contributed by atoms with Crippen molar-refractivity contribution in [3.8, 4) is 0 Å². The number of anilines is 1. The van der Waals surface area contributed by atoms with Gasteiger partial charge in [0.2, 0.25) is 0 Å². The summed E-state index contributed by atoms with van der Waals surface area (Å²) in [6.45, 7) is 5.29. The highest BCUT2D eigenvalue weighted by Gasteiger charge is 2.29. The third kappa shape index (κ3) is 3.52. The van der Waals surface area contributed by atoms with Crippen LogP contribution in [0.5, 0.6) is 0 Å². The smallest absolute Gasteiger partial charge is 0.257 e. The van der Waals surface area contributed by atoms with Gasteiger partial charge in [0.15, 0.2) is 11.6 Å². The van der Waals surface area contributed by atoms with E-state index >= 15 is 0 Å². The quantitative estimate of drug-likeness (QED) is 0.904. The van der Waals surface area contributed by atoms with Gasteiger partial charge in [-0.2, -0.15) is 0 Å². The summed E-state index contributed by atoms with van der Waals surface area (Å²) in [6, 6.07) is 1.72. The number of piperidine rings is 1. The summed E-state index contributed by atoms with van der Waals surface area (Å²) in [5, 5.41) is 2.85. The van der Waals surface area contributed by atoms with Gasteiger partial charge >= 0.3 is 0 Å². The van der Waals surface area contributed by atoms with Gasteiger partial charge < -0.3 is 10.2 Å². The third-order valence-corrected chi connectivity index (χ3v) is 3.97. The molecule has 1 aromatic rings. The van der Waals surface area contributed by atoms with Crippen LogP contribution in [0, 0.1) is 5.82 Å². The Kier molecular flexibility index (Phi) is 5.53. The molecule has 4 nitrogen and oxygen atoms in total. The fraction of sp³-hybridized carbons (Fsp3) is 0.625. The Morgan fingerprint density at radius 1 is 1.48 bits per heavy atom. The van der Waals surface area contributed by atoms with Gasteiger partial charge in [0.05, 0.1) is 5.56 Å². The van der Waals surface area contributed by atoms with Crippen LogP contribution in [0.4, 0.5) is 10.2 Å². The van der Waals surface area contributed by atoms with Crippen LogP contribution in [0.1, 0.15) is 56.3 Å². The van der Waals surface area contributed by atoms with Gasteiger partial charge in [0, 0.05) is 25.3 Å². The number of hydrogen-bond donors (Lipinski definition) is 1. The van der Waals surface area contributed by atoms with Crippen molar-refractivity contribution in [3.05, 3.63) is 23.6 Å². The monoisotopic (exact) mass is 293 g/mol. The predicted octanol–water partition coefficient (Wildman–Crippen LogP) is 3.45. The maximum absolute atomic E-state index is 14.4. The van der Waals surface area contributed by atoms with Crippen molar-refractivity contribution in [1.29, 1.82) is 0 Å². The van der Waals surface area contributed by atoms with Crippen molar-refractivity contribution in [2.75, 3.05) is 18.4 Å². The molecule has 0 aromatic carbocycles. The molecule has 1 amide bonds. The summed E-state index contributed by atoms with van der Waals surface area (Å²) in [5.74, 6) is -0.579. The molecule has 1 saturated heterocycles. The Hall–Kier alpha value is -1.65. The summed E-state index contributed by atoms with van der Waals surface area (Å²) in [5.41, 5.74) is 0.129. The fourth-order valence-corrected chi connectivity index (χ4v) is 2.96. The second-order valence-corrected chi connectivity index (χ2v) is 5.49. The van der Waals surface area contributed by atoms with E-state index in [1.807, 2.05) is 11.8 Å². The molecule has 1 unspecified atom stereocenters. The maximum atomic E-state index is 14.4. The summed E-state index contributed by atoms with van der Waals surface area (Å²) in [6.07, 6.45) is 6.68. The molecular formula is C16H24FN3O. The lowest BCUT2D eigenvalue weighted by molar-refractivity contribution is 0.0596. The molecule has 1 aliphatic rings. The van der Waals surface area contributed by atoms with Gasteiger partial charge in [0.25, 0.3) is 5.91 Å². The van der Waals surface area contributed by atoms with E-state index in [9.17, 15) is 9.18 Å². The summed E-state index contributed by atoms with van der Waals surface area (Å²) < 4.78 is 14.4. The number of rotatable bonds is 5. The highest BCUT2D eigenvalue weighted by molar-refractivity contribution is 5.95. The summed E-state index contributed by atoms with van der Waals surface area (Å²) in [7, 11) is 0. The normalized spacial score (nSPS) is 18.6. The Morgan fingerprint density at radius 3 is 3.00 bits per heavy atom. The number of pyridine rings is 1. The standard InChI is InChI=1S/C16H24FN3O/c1-3-7-12-8-5-6-11-20(12)16(21)13-9-10-19-15(14(13)17)18-4-2/h9-10,12H,3-8,11H2,1-2H3,(H,18,19). The van der Waals surface area contributed by atoms with Crippen molar-refractivity contribution < 1.29 is 9.18 Å². The largest absolute Gasteiger partial charge is 0.368 e. The van der Waals surface area contributed by atoms with E-state index in [2.05, 4.69) is 17.2 Å². The molecule has 0 radical (unpaired) electrons. The predicted molar refractivity (Wildman–Crippen MR) is 81.9 cm³/mol. The number of amides is 1. The van der Waals surface area contributed by atoms with Gasteiger partial charge in [-0.25, -0.2) is 9.37 Å². The van der Waals surface area contributed by atoms with E-state index in [-0.39, 0.29) is 23.3 Å². The first kappa shape index (κ1) is 15.7. The van der Waals surface area contributed by atoms with Crippen molar-refractivity contribution in [2.45, 2.75) is 52.0 Å². The summed E-state index contributed by atoms with van der Waals surface area (Å²) >= 11 is 0. The first-order valence-electron chi connectivity index (χ1n) is 7.88. The molecule has 0 spiro atoms. The molecule has 0 aliphatic carbocycles. The molecule has 1 N–H and O–H groups in total. The minimum absolute atomic E-state index is 0.129. The molecule has 0 saturated carbocycles. The maximum Gasteiger partial charge on any atom is 0.257 e. The second-order valence-electron chi connectivity index (χ2n) is 5.49. The van der Waals surface area contributed by atoms with E-state index in [0.29, 0.717) is 6.54 Å². The van der Waals surface area contributed by atoms with Gasteiger partial charge in [-0.1, -0.05) is 13.3 Å². The van der Waals surface area contributed by atoms with E-state index in [0.717, 1.165) is 38.6 Å². The highest BCUT2D eigenvalue weighted by atomic mass is 19.1. The number of aromatic nitrogens is 1. The van der Waals surface area contributed by atoms with E-state index in [1.54, 1.807) is 0 Å². The van der Waals surface area contributed by atoms with E-state index in [1.165, 1.54) is 12.3 Å². The lowest BCUT2D eigenvalue weighted by atomic mass is 9.97. The first-order valence-corrected chi connectivity index (χ1v) is 7.88. The van der Waals surface area contributed by atoms with Gasteiger partial charge in [-0.3, -0.25) is 4.79 Å². The number of hydrogen-bond acceptors (Lipinski definition) is 3. The SMILES string of the molecule is CCCC1CCCCN1C(=O)c1ccnc(NCC)c1F. The van der Waals surface area contributed by atoms with Crippen LogP contribution in [0.15, 0.2) is 12.3 Å². The summed E-state index contributed by atoms with van der Waals surface area (Å²) in [4.78, 5) is 18.5. The zero-order valence-corrected chi connectivity index (χ0v) is 12.9. The zero-order valence-electron chi connectivity index (χ0n) is 12.9. The third-order valence-electron chi connectivity index (χ3n) is 3.97. The van der Waals surface area contributed by atoms with Crippen LogP contribution in [-0.2, 0) is 0 Å². The zero-order chi connectivity index (χ0) is 15.2. The van der Waals surface area contributed by atoms with E-state index in [4.69, 9.17) is 0 Å². The number of likely N-dealkylation sites (tertiary alicyclic amines) is 1. The minimum atomic E-state index is -0.537. The van der Waals surface area contributed by atoms with E-state index < -0.39 is 5.82 Å². The Morgan fingerprint density at radius 2 is 2.29 bits per heavy atom. The molecule has 21 heavy (non-hydrogen) atoms. The molecule has 1 aliphatic heterocycles. The average Bonchev–Trinajstić information content (AvgIpc) is 2.50. The lowest BCUT2D eigenvalue weighted by Crippen LogP contribution is -2.44. The molecule has 1 aromatic heterocycles. The minimum Gasteiger partial charge on any atom is -0.368 e. The highest BCUT2D eigenvalue weighted by Crippen LogP contribution is 2.25. The van der Waals surface area contributed by atoms with Gasteiger partial charge in [0.1, 0.15) is 0 Å². The lowest BCUT2D eigenvalue weighted by Gasteiger charge is -2.36. The molecule has 1 atom stereocenters. The van der Waals surface area contributed by atoms with Crippen molar-refractivity contribution >= 4 is 11.7 Å². The number of nitrogens with one attached hydrogen (secondary N) is 1. The van der Waals surface area contributed by atoms with Crippen molar-refractivity contribution in [1.82, 2.24) is 9.88 Å². The first-order chi connectivity index (χ1) is 10.2. The Labute approximate surface area is 125 Å². The number of carbonyl (C=O) groups is 1. The Balaban J connectivity index is 2.23. The van der Waals surface area contributed by atoms with Crippen molar-refractivity contribution in [2.24, 2.45) is 0 Å². The van der Waals surface area contributed by atoms with Crippen LogP contribution in [0.25, 0.3) is 0 Å². The average molecular weight is 293 g/mol. The van der Waals surface area contributed by atoms with Crippen molar-refractivity contribution in [3.63, 3.8) is 0 Å². The van der Waals surface area contributed by atoms with Crippen LogP contribution < -0.4 is 5.32 Å². The Bertz CT molecular complexity index is 490. The molecule has 116 valence electrons. The number of halogens is 1. The topological polar surface area (TPSA) is 45.2 Å². The molecule has 2 heterocycles. The van der Waals surface area contributed by atoms with Crippen LogP contribution in [0.2, 0.25) is 0 Å². The van der Waals surface area contributed by atoms with Crippen LogP contribution in [0.3, 0.4) is 0 Å². The molecular weight excluding hydrogens is 269 g/mol. The fourth-order valence-electron chi connectivity index (χ4n) is 2.96. The molecule has 1 fully saturated rings. The molecule has 5 heteroatoms. The number of carbonyl (C=O) groups excluding carboxylic acids is 1. The van der Waals surface area contributed by atoms with Crippen LogP contribution >= 0.6 is 0 Å². The number of nitrogens with zero attached hydrogens (tertiary/aromatic N) is 2. The molecule has 2 rings (SSSR count). The van der Waals surface area contributed by atoms with Crippen LogP contribution in [-0.4, -0.2) is 34.9 Å². The second kappa shape index (κ2) is 7.38. The van der Waals surface area contributed by atoms with Gasteiger partial charge in [-0.05, 0) is 38.7 Å². The van der Waals surface area contributed by atoms with Gasteiger partial charge in [-0.15, -0.1) is 0 Å².